The van der Waals surface area contributed by atoms with Crippen molar-refractivity contribution in [2.45, 2.75) is 39.2 Å². The first-order chi connectivity index (χ1) is 14.0. The second kappa shape index (κ2) is 10.5. The molecule has 0 amide bonds. The van der Waals surface area contributed by atoms with Crippen LogP contribution >= 0.6 is 11.6 Å². The summed E-state index contributed by atoms with van der Waals surface area (Å²) in [6.45, 7) is 5.20. The molecule has 0 radical (unpaired) electrons. The zero-order valence-electron chi connectivity index (χ0n) is 16.5. The van der Waals surface area contributed by atoms with E-state index in [0.29, 0.717) is 11.9 Å². The monoisotopic (exact) mass is 447 g/mol. The fourth-order valence-corrected chi connectivity index (χ4v) is 2.44. The van der Waals surface area contributed by atoms with Crippen LogP contribution in [-0.4, -0.2) is 36.4 Å². The summed E-state index contributed by atoms with van der Waals surface area (Å²) >= 11 is 5.86. The number of esters is 1. The van der Waals surface area contributed by atoms with Gasteiger partial charge in [-0.1, -0.05) is 17.7 Å². The first kappa shape index (κ1) is 23.8. The van der Waals surface area contributed by atoms with Crippen molar-refractivity contribution in [3.05, 3.63) is 47.1 Å². The van der Waals surface area contributed by atoms with Crippen LogP contribution in [0.1, 0.15) is 26.3 Å². The molecule has 6 nitrogen and oxygen atoms in total. The number of carbonyl (C=O) groups is 1. The number of nitrogens with zero attached hydrogens (tertiary/aromatic N) is 1. The average Bonchev–Trinajstić information content (AvgIpc) is 2.64. The Bertz CT molecular complexity index is 861. The molecule has 0 bridgehead atoms. The molecule has 1 atom stereocenters. The number of benzene rings is 1. The maximum atomic E-state index is 12.7. The predicted octanol–water partition coefficient (Wildman–Crippen LogP) is 5.28. The predicted molar refractivity (Wildman–Crippen MR) is 103 cm³/mol. The molecule has 164 valence electrons. The fourth-order valence-electron chi connectivity index (χ4n) is 2.23. The van der Waals surface area contributed by atoms with E-state index in [1.807, 2.05) is 13.8 Å². The summed E-state index contributed by atoms with van der Waals surface area (Å²) in [6.07, 6.45) is -4.57. The molecule has 30 heavy (non-hydrogen) atoms. The number of carbonyl (C=O) groups excluding carboxylic acids is 1. The zero-order chi connectivity index (χ0) is 22.3. The SMILES string of the molecule is CC(=O)OC(COc1cccc(Oc2ncc(C(F)(F)F)cc2Cl)c1)COC(C)C. The van der Waals surface area contributed by atoms with Crippen LogP contribution < -0.4 is 9.47 Å². The van der Waals surface area contributed by atoms with Crippen molar-refractivity contribution in [3.8, 4) is 17.4 Å². The number of ether oxygens (including phenoxy) is 4. The minimum atomic E-state index is -4.55. The van der Waals surface area contributed by atoms with E-state index in [4.69, 9.17) is 30.5 Å². The summed E-state index contributed by atoms with van der Waals surface area (Å²) in [5.74, 6) is 0.00218. The van der Waals surface area contributed by atoms with Crippen LogP contribution in [0.25, 0.3) is 0 Å². The molecule has 10 heteroatoms. The van der Waals surface area contributed by atoms with Gasteiger partial charge in [-0.05, 0) is 32.0 Å². The van der Waals surface area contributed by atoms with E-state index < -0.39 is 23.8 Å². The number of pyridine rings is 1. The maximum Gasteiger partial charge on any atom is 0.417 e. The van der Waals surface area contributed by atoms with Gasteiger partial charge in [0.05, 0.1) is 18.3 Å². The van der Waals surface area contributed by atoms with Gasteiger partial charge in [-0.3, -0.25) is 4.79 Å². The van der Waals surface area contributed by atoms with E-state index in [2.05, 4.69) is 4.98 Å². The summed E-state index contributed by atoms with van der Waals surface area (Å²) < 4.78 is 59.9. The van der Waals surface area contributed by atoms with Crippen molar-refractivity contribution in [2.75, 3.05) is 13.2 Å². The van der Waals surface area contributed by atoms with Crippen molar-refractivity contribution in [1.82, 2.24) is 4.98 Å². The first-order valence-electron chi connectivity index (χ1n) is 8.97. The zero-order valence-corrected chi connectivity index (χ0v) is 17.3. The highest BCUT2D eigenvalue weighted by Crippen LogP contribution is 2.35. The second-order valence-electron chi connectivity index (χ2n) is 6.51. The molecule has 0 aliphatic rings. The van der Waals surface area contributed by atoms with Gasteiger partial charge in [0, 0.05) is 19.2 Å². The van der Waals surface area contributed by atoms with Gasteiger partial charge in [-0.25, -0.2) is 4.98 Å². The van der Waals surface area contributed by atoms with Crippen molar-refractivity contribution in [3.63, 3.8) is 0 Å². The molecule has 1 unspecified atom stereocenters. The molecule has 1 aromatic carbocycles. The van der Waals surface area contributed by atoms with Gasteiger partial charge in [0.1, 0.15) is 23.1 Å². The lowest BCUT2D eigenvalue weighted by Crippen LogP contribution is -2.30. The van der Waals surface area contributed by atoms with E-state index in [-0.39, 0.29) is 36.0 Å². The molecule has 2 rings (SSSR count). The van der Waals surface area contributed by atoms with E-state index in [1.54, 1.807) is 18.2 Å². The topological polar surface area (TPSA) is 66.9 Å². The van der Waals surface area contributed by atoms with Crippen LogP contribution in [-0.2, 0) is 20.4 Å². The Labute approximate surface area is 176 Å². The average molecular weight is 448 g/mol. The number of halogens is 4. The third kappa shape index (κ3) is 7.72. The molecule has 0 saturated carbocycles. The number of hydrogen-bond acceptors (Lipinski definition) is 6. The van der Waals surface area contributed by atoms with Gasteiger partial charge in [0.25, 0.3) is 0 Å². The van der Waals surface area contributed by atoms with Crippen LogP contribution in [0.3, 0.4) is 0 Å². The minimum Gasteiger partial charge on any atom is -0.489 e. The summed E-state index contributed by atoms with van der Waals surface area (Å²) in [5.41, 5.74) is -0.975. The third-order valence-corrected chi connectivity index (χ3v) is 3.81. The molecular weight excluding hydrogens is 427 g/mol. The highest BCUT2D eigenvalue weighted by molar-refractivity contribution is 6.31. The van der Waals surface area contributed by atoms with Crippen LogP contribution in [0.5, 0.6) is 17.4 Å². The molecule has 0 N–H and O–H groups in total. The molecule has 1 heterocycles. The Morgan fingerprint density at radius 2 is 1.87 bits per heavy atom. The Morgan fingerprint density at radius 3 is 2.47 bits per heavy atom. The van der Waals surface area contributed by atoms with Crippen LogP contribution in [0.2, 0.25) is 5.02 Å². The molecule has 1 aromatic heterocycles. The van der Waals surface area contributed by atoms with Crippen molar-refractivity contribution < 1.29 is 36.9 Å². The highest BCUT2D eigenvalue weighted by atomic mass is 35.5. The Morgan fingerprint density at radius 1 is 1.17 bits per heavy atom. The van der Waals surface area contributed by atoms with E-state index in [9.17, 15) is 18.0 Å². The van der Waals surface area contributed by atoms with Crippen molar-refractivity contribution in [1.29, 1.82) is 0 Å². The molecule has 0 saturated heterocycles. The van der Waals surface area contributed by atoms with Crippen LogP contribution in [0.15, 0.2) is 36.5 Å². The molecular formula is C20H21ClF3NO5. The van der Waals surface area contributed by atoms with Gasteiger partial charge in [-0.15, -0.1) is 0 Å². The molecule has 2 aromatic rings. The molecule has 0 aliphatic carbocycles. The standard InChI is InChI=1S/C20H21ClF3NO5/c1-12(2)27-10-17(29-13(3)26)11-28-15-5-4-6-16(8-15)30-19-18(21)7-14(9-25-19)20(22,23)24/h4-9,12,17H,10-11H2,1-3H3. The maximum absolute atomic E-state index is 12.7. The second-order valence-corrected chi connectivity index (χ2v) is 6.92. The van der Waals surface area contributed by atoms with Crippen molar-refractivity contribution in [2.24, 2.45) is 0 Å². The van der Waals surface area contributed by atoms with Gasteiger partial charge >= 0.3 is 12.1 Å². The van der Waals surface area contributed by atoms with Gasteiger partial charge < -0.3 is 18.9 Å². The Hall–Kier alpha value is -2.52. The number of hydrogen-bond donors (Lipinski definition) is 0. The number of alkyl halides is 3. The van der Waals surface area contributed by atoms with E-state index in [1.165, 1.54) is 13.0 Å². The summed E-state index contributed by atoms with van der Waals surface area (Å²) in [5, 5.41) is -0.281. The third-order valence-electron chi connectivity index (χ3n) is 3.54. The lowest BCUT2D eigenvalue weighted by molar-refractivity contribution is -0.152. The highest BCUT2D eigenvalue weighted by Gasteiger charge is 2.31. The van der Waals surface area contributed by atoms with Crippen LogP contribution in [0.4, 0.5) is 13.2 Å². The number of aromatic nitrogens is 1. The van der Waals surface area contributed by atoms with Gasteiger partial charge in [0.2, 0.25) is 5.88 Å². The summed E-state index contributed by atoms with van der Waals surface area (Å²) in [4.78, 5) is 14.9. The van der Waals surface area contributed by atoms with Crippen molar-refractivity contribution >= 4 is 17.6 Å². The fraction of sp³-hybridized carbons (Fsp3) is 0.400. The normalized spacial score (nSPS) is 12.5. The lowest BCUT2D eigenvalue weighted by Gasteiger charge is -2.19. The lowest BCUT2D eigenvalue weighted by atomic mass is 10.3. The van der Waals surface area contributed by atoms with Gasteiger partial charge in [0.15, 0.2) is 6.10 Å². The van der Waals surface area contributed by atoms with E-state index >= 15 is 0 Å². The molecule has 0 aliphatic heterocycles. The quantitative estimate of drug-likeness (QED) is 0.487. The first-order valence-corrected chi connectivity index (χ1v) is 9.34. The van der Waals surface area contributed by atoms with Gasteiger partial charge in [-0.2, -0.15) is 13.2 Å². The Kier molecular flexibility index (Phi) is 8.31. The van der Waals surface area contributed by atoms with E-state index in [0.717, 1.165) is 6.07 Å². The number of rotatable bonds is 9. The molecule has 0 fully saturated rings. The largest absolute Gasteiger partial charge is 0.489 e. The summed E-state index contributed by atoms with van der Waals surface area (Å²) in [6, 6.07) is 7.07. The van der Waals surface area contributed by atoms with Crippen LogP contribution in [0, 0.1) is 0 Å². The molecule has 0 spiro atoms. The summed E-state index contributed by atoms with van der Waals surface area (Å²) in [7, 11) is 0. The Balaban J connectivity index is 2.04. The minimum absolute atomic E-state index is 0.0367. The smallest absolute Gasteiger partial charge is 0.417 e.